The van der Waals surface area contributed by atoms with Gasteiger partial charge in [0.25, 0.3) is 0 Å². The van der Waals surface area contributed by atoms with Crippen molar-refractivity contribution in [3.63, 3.8) is 0 Å². The molecule has 0 atom stereocenters. The zero-order valence-electron chi connectivity index (χ0n) is 16.0. The summed E-state index contributed by atoms with van der Waals surface area (Å²) in [5.74, 6) is 0.239. The van der Waals surface area contributed by atoms with E-state index in [0.717, 1.165) is 0 Å². The fraction of sp³-hybridized carbons (Fsp3) is 0.143. The predicted octanol–water partition coefficient (Wildman–Crippen LogP) is 7.02. The Morgan fingerprint density at radius 2 is 1.04 bits per heavy atom. The van der Waals surface area contributed by atoms with Gasteiger partial charge in [-0.15, -0.1) is 0 Å². The molecule has 0 heterocycles. The molecule has 0 aromatic heterocycles. The smallest absolute Gasteiger partial charge is 0.0346 e. The van der Waals surface area contributed by atoms with Crippen LogP contribution in [0.15, 0.2) is 103 Å². The molecule has 0 unspecified atom stereocenters. The quantitative estimate of drug-likeness (QED) is 0.343. The standard InChI is InChI=1S/C28H24/c1-4-11-21(12-5-1)26-19-24-17-10-18-25(24)20-27(26)28(22-13-6-2-7-14-22)23-15-8-3-9-16-23/h1-9,11-16,19-20,28H,10,17-18H2. The van der Waals surface area contributed by atoms with Gasteiger partial charge in [0.05, 0.1) is 0 Å². The van der Waals surface area contributed by atoms with Crippen LogP contribution in [0.1, 0.15) is 40.2 Å². The average Bonchev–Trinajstić information content (AvgIpc) is 3.23. The van der Waals surface area contributed by atoms with E-state index in [1.807, 2.05) is 0 Å². The summed E-state index contributed by atoms with van der Waals surface area (Å²) in [7, 11) is 0. The van der Waals surface area contributed by atoms with Gasteiger partial charge in [0.15, 0.2) is 0 Å². The number of aryl methyl sites for hydroxylation is 2. The molecular formula is C28H24. The summed E-state index contributed by atoms with van der Waals surface area (Å²) in [6.45, 7) is 0. The molecule has 0 bridgehead atoms. The monoisotopic (exact) mass is 360 g/mol. The Hall–Kier alpha value is -3.12. The maximum Gasteiger partial charge on any atom is 0.0346 e. The highest BCUT2D eigenvalue weighted by molar-refractivity contribution is 5.72. The van der Waals surface area contributed by atoms with Crippen LogP contribution < -0.4 is 0 Å². The maximum atomic E-state index is 2.50. The molecule has 1 aliphatic rings. The van der Waals surface area contributed by atoms with E-state index in [0.29, 0.717) is 0 Å². The summed E-state index contributed by atoms with van der Waals surface area (Å²) in [5, 5.41) is 0. The lowest BCUT2D eigenvalue weighted by molar-refractivity contribution is 0.910. The van der Waals surface area contributed by atoms with Gasteiger partial charge in [-0.25, -0.2) is 0 Å². The molecule has 0 radical (unpaired) electrons. The Labute approximate surface area is 167 Å². The molecule has 0 nitrogen and oxygen atoms in total. The van der Waals surface area contributed by atoms with Gasteiger partial charge in [-0.3, -0.25) is 0 Å². The summed E-state index contributed by atoms with van der Waals surface area (Å²) < 4.78 is 0. The highest BCUT2D eigenvalue weighted by atomic mass is 14.3. The van der Waals surface area contributed by atoms with Gasteiger partial charge in [0.2, 0.25) is 0 Å². The lowest BCUT2D eigenvalue weighted by Crippen LogP contribution is -2.06. The number of hydrogen-bond donors (Lipinski definition) is 0. The average molecular weight is 361 g/mol. The third-order valence-corrected chi connectivity index (χ3v) is 5.93. The first-order valence-corrected chi connectivity index (χ1v) is 10.2. The number of fused-ring (bicyclic) bond motifs is 1. The number of rotatable bonds is 4. The minimum atomic E-state index is 0.239. The second-order valence-electron chi connectivity index (χ2n) is 7.68. The Morgan fingerprint density at radius 1 is 0.536 bits per heavy atom. The predicted molar refractivity (Wildman–Crippen MR) is 118 cm³/mol. The second kappa shape index (κ2) is 7.48. The van der Waals surface area contributed by atoms with Gasteiger partial charge in [-0.1, -0.05) is 103 Å². The highest BCUT2D eigenvalue weighted by Gasteiger charge is 2.23. The summed E-state index contributed by atoms with van der Waals surface area (Å²) >= 11 is 0. The van der Waals surface area contributed by atoms with Crippen molar-refractivity contribution in [2.75, 3.05) is 0 Å². The van der Waals surface area contributed by atoms with Crippen LogP contribution in [-0.4, -0.2) is 0 Å². The van der Waals surface area contributed by atoms with E-state index < -0.39 is 0 Å². The lowest BCUT2D eigenvalue weighted by Gasteiger charge is -2.23. The van der Waals surface area contributed by atoms with Crippen molar-refractivity contribution in [3.8, 4) is 11.1 Å². The van der Waals surface area contributed by atoms with Crippen LogP contribution in [0.25, 0.3) is 11.1 Å². The highest BCUT2D eigenvalue weighted by Crippen LogP contribution is 2.41. The topological polar surface area (TPSA) is 0 Å². The summed E-state index contributed by atoms with van der Waals surface area (Å²) in [6, 6.07) is 37.7. The van der Waals surface area contributed by atoms with E-state index >= 15 is 0 Å². The van der Waals surface area contributed by atoms with Crippen molar-refractivity contribution in [3.05, 3.63) is 131 Å². The van der Waals surface area contributed by atoms with E-state index in [-0.39, 0.29) is 5.92 Å². The summed E-state index contributed by atoms with van der Waals surface area (Å²) in [4.78, 5) is 0. The van der Waals surface area contributed by atoms with Crippen molar-refractivity contribution >= 4 is 0 Å². The summed E-state index contributed by atoms with van der Waals surface area (Å²) in [6.07, 6.45) is 3.68. The molecule has 0 amide bonds. The van der Waals surface area contributed by atoms with Crippen molar-refractivity contribution in [1.29, 1.82) is 0 Å². The molecule has 0 saturated heterocycles. The van der Waals surface area contributed by atoms with Crippen LogP contribution in [0, 0.1) is 0 Å². The minimum absolute atomic E-state index is 0.239. The van der Waals surface area contributed by atoms with Crippen molar-refractivity contribution in [1.82, 2.24) is 0 Å². The van der Waals surface area contributed by atoms with Gasteiger partial charge in [0, 0.05) is 5.92 Å². The Kier molecular flexibility index (Phi) is 4.54. The van der Waals surface area contributed by atoms with Crippen LogP contribution >= 0.6 is 0 Å². The molecule has 0 aliphatic heterocycles. The molecule has 4 aromatic carbocycles. The van der Waals surface area contributed by atoms with Gasteiger partial charge in [-0.05, 0) is 58.2 Å². The van der Waals surface area contributed by atoms with Gasteiger partial charge in [-0.2, -0.15) is 0 Å². The number of hydrogen-bond acceptors (Lipinski definition) is 0. The van der Waals surface area contributed by atoms with Crippen LogP contribution in [0.5, 0.6) is 0 Å². The molecule has 4 aromatic rings. The van der Waals surface area contributed by atoms with E-state index in [1.54, 1.807) is 0 Å². The van der Waals surface area contributed by atoms with Crippen LogP contribution in [-0.2, 0) is 12.8 Å². The first-order valence-electron chi connectivity index (χ1n) is 10.2. The molecule has 5 rings (SSSR count). The normalized spacial score (nSPS) is 12.9. The fourth-order valence-electron chi connectivity index (χ4n) is 4.59. The maximum absolute atomic E-state index is 2.50. The SMILES string of the molecule is c1ccc(-c2cc3c(cc2C(c2ccccc2)c2ccccc2)CCC3)cc1. The van der Waals surface area contributed by atoms with Crippen LogP contribution in [0.4, 0.5) is 0 Å². The van der Waals surface area contributed by atoms with Crippen molar-refractivity contribution in [2.45, 2.75) is 25.2 Å². The van der Waals surface area contributed by atoms with E-state index in [1.165, 1.54) is 58.2 Å². The molecule has 0 fully saturated rings. The Morgan fingerprint density at radius 3 is 1.61 bits per heavy atom. The zero-order valence-corrected chi connectivity index (χ0v) is 16.0. The molecule has 136 valence electrons. The Bertz CT molecular complexity index is 1020. The second-order valence-corrected chi connectivity index (χ2v) is 7.68. The van der Waals surface area contributed by atoms with Gasteiger partial charge < -0.3 is 0 Å². The van der Waals surface area contributed by atoms with E-state index in [2.05, 4.69) is 103 Å². The van der Waals surface area contributed by atoms with Crippen molar-refractivity contribution < 1.29 is 0 Å². The Balaban J connectivity index is 1.77. The molecule has 0 spiro atoms. The van der Waals surface area contributed by atoms with E-state index in [9.17, 15) is 0 Å². The lowest BCUT2D eigenvalue weighted by atomic mass is 9.80. The van der Waals surface area contributed by atoms with Gasteiger partial charge in [0.1, 0.15) is 0 Å². The fourth-order valence-corrected chi connectivity index (χ4v) is 4.59. The third-order valence-electron chi connectivity index (χ3n) is 5.93. The molecule has 28 heavy (non-hydrogen) atoms. The summed E-state index contributed by atoms with van der Waals surface area (Å²) in [5.41, 5.74) is 9.87. The molecular weight excluding hydrogens is 336 g/mol. The molecule has 0 N–H and O–H groups in total. The first kappa shape index (κ1) is 17.0. The third kappa shape index (κ3) is 3.16. The van der Waals surface area contributed by atoms with Gasteiger partial charge >= 0.3 is 0 Å². The number of benzene rings is 4. The largest absolute Gasteiger partial charge is 0.0622 e. The molecule has 0 heteroatoms. The molecule has 0 saturated carbocycles. The van der Waals surface area contributed by atoms with E-state index in [4.69, 9.17) is 0 Å². The minimum Gasteiger partial charge on any atom is -0.0622 e. The van der Waals surface area contributed by atoms with Crippen LogP contribution in [0.3, 0.4) is 0 Å². The molecule has 1 aliphatic carbocycles. The first-order chi connectivity index (χ1) is 13.9. The van der Waals surface area contributed by atoms with Crippen molar-refractivity contribution in [2.24, 2.45) is 0 Å². The van der Waals surface area contributed by atoms with Crippen LogP contribution in [0.2, 0.25) is 0 Å². The zero-order chi connectivity index (χ0) is 18.8.